The van der Waals surface area contributed by atoms with E-state index >= 15 is 0 Å². The first-order valence-electron chi connectivity index (χ1n) is 12.3. The zero-order valence-corrected chi connectivity index (χ0v) is 21.5. The Morgan fingerprint density at radius 1 is 1.03 bits per heavy atom. The molecule has 184 valence electrons. The van der Waals surface area contributed by atoms with E-state index in [2.05, 4.69) is 40.2 Å². The van der Waals surface area contributed by atoms with E-state index in [9.17, 15) is 9.18 Å². The molecule has 2 aliphatic rings. The number of benzene rings is 2. The standard InChI is InChI=1S/C29H29FN4OS/c1-18-13-19(2)15-22(14-18)31-29(35)34-16-24-23-10-12-32(3)17-26(23)36-28(24)33-11-4-5-25(33)27(34)20-6-8-21(30)9-7-20/h4-9,11,13-15,27H,10,12,16-17H2,1-3H3,(H,31,35)/t27-/m1/s1. The molecular weight excluding hydrogens is 471 g/mol. The molecule has 5 nitrogen and oxygen atoms in total. The van der Waals surface area contributed by atoms with Gasteiger partial charge in [-0.2, -0.15) is 0 Å². The zero-order chi connectivity index (χ0) is 25.0. The molecule has 1 N–H and O–H groups in total. The third-order valence-corrected chi connectivity index (χ3v) is 8.43. The summed E-state index contributed by atoms with van der Waals surface area (Å²) in [7, 11) is 2.16. The van der Waals surface area contributed by atoms with Crippen LogP contribution in [-0.2, 0) is 19.5 Å². The quantitative estimate of drug-likeness (QED) is 0.345. The van der Waals surface area contributed by atoms with Crippen LogP contribution in [0.3, 0.4) is 0 Å². The van der Waals surface area contributed by atoms with Crippen molar-refractivity contribution < 1.29 is 9.18 Å². The van der Waals surface area contributed by atoms with Gasteiger partial charge in [0.1, 0.15) is 10.8 Å². The first-order chi connectivity index (χ1) is 17.4. The van der Waals surface area contributed by atoms with Gasteiger partial charge in [0.05, 0.1) is 18.3 Å². The van der Waals surface area contributed by atoms with Gasteiger partial charge in [0.2, 0.25) is 0 Å². The molecule has 0 unspecified atom stereocenters. The second-order valence-electron chi connectivity index (χ2n) is 9.97. The molecule has 7 heteroatoms. The van der Waals surface area contributed by atoms with Crippen LogP contribution in [0.1, 0.15) is 44.4 Å². The molecule has 0 saturated heterocycles. The van der Waals surface area contributed by atoms with Gasteiger partial charge in [-0.25, -0.2) is 9.18 Å². The minimum atomic E-state index is -0.354. The smallest absolute Gasteiger partial charge is 0.310 e. The predicted octanol–water partition coefficient (Wildman–Crippen LogP) is 6.42. The van der Waals surface area contributed by atoms with Crippen LogP contribution in [0.4, 0.5) is 14.9 Å². The summed E-state index contributed by atoms with van der Waals surface area (Å²) in [5.74, 6) is -0.286. The van der Waals surface area contributed by atoms with Crippen LogP contribution in [0, 0.1) is 19.7 Å². The summed E-state index contributed by atoms with van der Waals surface area (Å²) in [6, 6.07) is 16.2. The molecule has 0 fully saturated rings. The van der Waals surface area contributed by atoms with Crippen molar-refractivity contribution in [2.45, 2.75) is 39.4 Å². The number of amides is 2. The Balaban J connectivity index is 1.49. The summed E-state index contributed by atoms with van der Waals surface area (Å²) in [6.07, 6.45) is 3.06. The highest BCUT2D eigenvalue weighted by molar-refractivity contribution is 7.15. The van der Waals surface area contributed by atoms with E-state index in [-0.39, 0.29) is 17.9 Å². The van der Waals surface area contributed by atoms with E-state index < -0.39 is 0 Å². The average Bonchev–Trinajstić information content (AvgIpc) is 3.40. The van der Waals surface area contributed by atoms with Crippen LogP contribution in [0.25, 0.3) is 5.00 Å². The van der Waals surface area contributed by atoms with Crippen molar-refractivity contribution in [1.82, 2.24) is 14.4 Å². The van der Waals surface area contributed by atoms with Crippen LogP contribution >= 0.6 is 11.3 Å². The molecule has 2 aliphatic heterocycles. The summed E-state index contributed by atoms with van der Waals surface area (Å²) < 4.78 is 16.1. The number of aromatic nitrogens is 1. The van der Waals surface area contributed by atoms with Gasteiger partial charge in [-0.05, 0) is 86.0 Å². The maximum Gasteiger partial charge on any atom is 0.322 e. The minimum absolute atomic E-state index is 0.164. The van der Waals surface area contributed by atoms with Crippen molar-refractivity contribution in [1.29, 1.82) is 0 Å². The summed E-state index contributed by atoms with van der Waals surface area (Å²) in [4.78, 5) is 19.6. The largest absolute Gasteiger partial charge is 0.322 e. The Bertz CT molecular complexity index is 1430. The lowest BCUT2D eigenvalue weighted by Crippen LogP contribution is -2.38. The van der Waals surface area contributed by atoms with Gasteiger partial charge in [0.25, 0.3) is 0 Å². The van der Waals surface area contributed by atoms with E-state index in [0.717, 1.165) is 47.6 Å². The number of nitrogens with one attached hydrogen (secondary N) is 1. The van der Waals surface area contributed by atoms with Crippen molar-refractivity contribution in [2.24, 2.45) is 0 Å². The summed E-state index contributed by atoms with van der Waals surface area (Å²) in [5.41, 5.74) is 7.46. The number of hydrogen-bond acceptors (Lipinski definition) is 3. The van der Waals surface area contributed by atoms with E-state index in [1.165, 1.54) is 33.1 Å². The van der Waals surface area contributed by atoms with Crippen molar-refractivity contribution in [3.8, 4) is 5.00 Å². The Hall–Kier alpha value is -3.42. The highest BCUT2D eigenvalue weighted by atomic mass is 32.1. The third-order valence-electron chi connectivity index (χ3n) is 7.17. The third kappa shape index (κ3) is 4.02. The van der Waals surface area contributed by atoms with Crippen molar-refractivity contribution in [2.75, 3.05) is 18.9 Å². The van der Waals surface area contributed by atoms with Gasteiger partial charge in [0, 0.05) is 35.4 Å². The van der Waals surface area contributed by atoms with E-state index in [1.807, 2.05) is 48.3 Å². The van der Waals surface area contributed by atoms with Crippen LogP contribution in [0.2, 0.25) is 0 Å². The van der Waals surface area contributed by atoms with Crippen LogP contribution in [0.5, 0.6) is 0 Å². The lowest BCUT2D eigenvalue weighted by Gasteiger charge is -2.32. The zero-order valence-electron chi connectivity index (χ0n) is 20.7. The summed E-state index contributed by atoms with van der Waals surface area (Å²) in [6.45, 7) is 6.49. The number of fused-ring (bicyclic) bond motifs is 5. The van der Waals surface area contributed by atoms with Gasteiger partial charge >= 0.3 is 6.03 Å². The van der Waals surface area contributed by atoms with Crippen LogP contribution < -0.4 is 5.32 Å². The average molecular weight is 501 g/mol. The summed E-state index contributed by atoms with van der Waals surface area (Å²) in [5, 5.41) is 4.35. The summed E-state index contributed by atoms with van der Waals surface area (Å²) >= 11 is 1.83. The first-order valence-corrected chi connectivity index (χ1v) is 13.1. The molecule has 2 aromatic carbocycles. The number of likely N-dealkylation sites (N-methyl/N-ethyl adjacent to an activating group) is 1. The van der Waals surface area contributed by atoms with Crippen molar-refractivity contribution in [3.63, 3.8) is 0 Å². The fraction of sp³-hybridized carbons (Fsp3) is 0.276. The van der Waals surface area contributed by atoms with E-state index in [0.29, 0.717) is 6.54 Å². The van der Waals surface area contributed by atoms with Gasteiger partial charge in [-0.15, -0.1) is 11.3 Å². The Morgan fingerprint density at radius 2 is 1.78 bits per heavy atom. The highest BCUT2D eigenvalue weighted by Gasteiger charge is 2.36. The number of carbonyl (C=O) groups excluding carboxylic acids is 1. The number of rotatable bonds is 2. The predicted molar refractivity (Wildman–Crippen MR) is 142 cm³/mol. The van der Waals surface area contributed by atoms with Gasteiger partial charge < -0.3 is 19.7 Å². The fourth-order valence-corrected chi connectivity index (χ4v) is 7.03. The molecular formula is C29H29FN4OS. The molecule has 1 atom stereocenters. The molecule has 0 radical (unpaired) electrons. The van der Waals surface area contributed by atoms with Crippen molar-refractivity contribution >= 4 is 23.1 Å². The lowest BCUT2D eigenvalue weighted by molar-refractivity contribution is 0.194. The Morgan fingerprint density at radius 3 is 2.53 bits per heavy atom. The number of urea groups is 1. The molecule has 4 aromatic rings. The number of anilines is 1. The number of thiophene rings is 1. The molecule has 6 rings (SSSR count). The molecule has 0 spiro atoms. The second-order valence-corrected chi connectivity index (χ2v) is 11.1. The normalized spacial score (nSPS) is 17.2. The van der Waals surface area contributed by atoms with Gasteiger partial charge in [0.15, 0.2) is 0 Å². The number of halogens is 1. The maximum absolute atomic E-state index is 14.0. The van der Waals surface area contributed by atoms with E-state index in [1.54, 1.807) is 12.1 Å². The Kier molecular flexibility index (Phi) is 5.69. The Labute approximate surface area is 214 Å². The van der Waals surface area contributed by atoms with Gasteiger partial charge in [-0.1, -0.05) is 18.2 Å². The molecule has 0 bridgehead atoms. The van der Waals surface area contributed by atoms with Crippen LogP contribution in [0.15, 0.2) is 60.8 Å². The number of carbonyl (C=O) groups is 1. The highest BCUT2D eigenvalue weighted by Crippen LogP contribution is 2.43. The molecule has 0 saturated carbocycles. The maximum atomic E-state index is 14.0. The van der Waals surface area contributed by atoms with Crippen molar-refractivity contribution in [3.05, 3.63) is 105 Å². The van der Waals surface area contributed by atoms with Crippen LogP contribution in [-0.4, -0.2) is 34.0 Å². The number of hydrogen-bond donors (Lipinski definition) is 1. The lowest BCUT2D eigenvalue weighted by atomic mass is 10.0. The number of nitrogens with zero attached hydrogens (tertiary/aromatic N) is 3. The SMILES string of the molecule is Cc1cc(C)cc(NC(=O)N2Cc3c(sc4c3CCN(C)C4)-n3cccc3[C@H]2c2ccc(F)cc2)c1. The second kappa shape index (κ2) is 8.91. The molecule has 4 heterocycles. The minimum Gasteiger partial charge on any atom is -0.310 e. The molecule has 36 heavy (non-hydrogen) atoms. The topological polar surface area (TPSA) is 40.5 Å². The molecule has 2 amide bonds. The monoisotopic (exact) mass is 500 g/mol. The van der Waals surface area contributed by atoms with Gasteiger partial charge in [-0.3, -0.25) is 0 Å². The first kappa shape index (κ1) is 23.0. The van der Waals surface area contributed by atoms with E-state index in [4.69, 9.17) is 0 Å². The molecule has 2 aromatic heterocycles. The number of aryl methyl sites for hydroxylation is 2. The fourth-order valence-electron chi connectivity index (χ4n) is 5.59. The molecule has 0 aliphatic carbocycles.